The van der Waals surface area contributed by atoms with Crippen LogP contribution < -0.4 is 0 Å². The van der Waals surface area contributed by atoms with Gasteiger partial charge in [-0.3, -0.25) is 14.7 Å². The third-order valence-electron chi connectivity index (χ3n) is 3.80. The predicted octanol–water partition coefficient (Wildman–Crippen LogP) is 1.43. The predicted molar refractivity (Wildman–Crippen MR) is 64.9 cm³/mol. The van der Waals surface area contributed by atoms with Gasteiger partial charge in [-0.15, -0.1) is 0 Å². The third kappa shape index (κ3) is 1.41. The fraction of sp³-hybridized carbons (Fsp3) is 0.385. The van der Waals surface area contributed by atoms with Crippen LogP contribution in [0.1, 0.15) is 12.0 Å². The average molecular weight is 230 g/mol. The molecule has 2 aliphatic heterocycles. The number of aliphatic carboxylic acids is 1. The molecular weight excluding hydrogens is 216 g/mol. The summed E-state index contributed by atoms with van der Waals surface area (Å²) in [5.41, 5.74) is 1.94. The van der Waals surface area contributed by atoms with E-state index in [9.17, 15) is 9.90 Å². The molecule has 1 fully saturated rings. The minimum Gasteiger partial charge on any atom is -0.480 e. The molecule has 0 saturated carbocycles. The van der Waals surface area contributed by atoms with Crippen LogP contribution in [0.4, 0.5) is 5.69 Å². The highest BCUT2D eigenvalue weighted by Gasteiger charge is 2.48. The minimum atomic E-state index is -0.748. The number of hydrogen-bond donors (Lipinski definition) is 1. The van der Waals surface area contributed by atoms with E-state index in [4.69, 9.17) is 0 Å². The van der Waals surface area contributed by atoms with Gasteiger partial charge in [0.1, 0.15) is 6.04 Å². The topological polar surface area (TPSA) is 52.9 Å². The first kappa shape index (κ1) is 10.5. The van der Waals surface area contributed by atoms with Crippen LogP contribution in [-0.2, 0) is 10.2 Å². The Kier molecular flexibility index (Phi) is 2.10. The fourth-order valence-corrected chi connectivity index (χ4v) is 2.96. The lowest BCUT2D eigenvalue weighted by molar-refractivity contribution is -0.141. The SMILES string of the molecule is CN1CC2(C=Nc3ccccc32)CC1C(=O)O. The molecule has 1 N–H and O–H groups in total. The van der Waals surface area contributed by atoms with Crippen molar-refractivity contribution in [1.82, 2.24) is 4.90 Å². The van der Waals surface area contributed by atoms with Gasteiger partial charge >= 0.3 is 5.97 Å². The number of para-hydroxylation sites is 1. The third-order valence-corrected chi connectivity index (χ3v) is 3.80. The van der Waals surface area contributed by atoms with Gasteiger partial charge in [0.2, 0.25) is 0 Å². The van der Waals surface area contributed by atoms with E-state index in [2.05, 4.69) is 11.1 Å². The smallest absolute Gasteiger partial charge is 0.320 e. The van der Waals surface area contributed by atoms with Gasteiger partial charge in [-0.25, -0.2) is 0 Å². The second-order valence-corrected chi connectivity index (χ2v) is 4.90. The van der Waals surface area contributed by atoms with Crippen molar-refractivity contribution in [3.63, 3.8) is 0 Å². The standard InChI is InChI=1S/C13H14N2O2/c1-15-8-13(6-11(15)12(16)17)7-14-10-5-3-2-4-9(10)13/h2-5,7,11H,6,8H2,1H3,(H,16,17). The number of fused-ring (bicyclic) bond motifs is 2. The number of likely N-dealkylation sites (N-methyl/N-ethyl adjacent to an activating group) is 1. The van der Waals surface area contributed by atoms with E-state index >= 15 is 0 Å². The number of benzene rings is 1. The largest absolute Gasteiger partial charge is 0.480 e. The van der Waals surface area contributed by atoms with E-state index in [1.165, 1.54) is 0 Å². The van der Waals surface area contributed by atoms with Crippen LogP contribution in [0.15, 0.2) is 29.3 Å². The Morgan fingerprint density at radius 1 is 1.53 bits per heavy atom. The minimum absolute atomic E-state index is 0.200. The van der Waals surface area contributed by atoms with Crippen molar-refractivity contribution in [2.45, 2.75) is 17.9 Å². The molecule has 0 radical (unpaired) electrons. The summed E-state index contributed by atoms with van der Waals surface area (Å²) in [6.45, 7) is 0.727. The Morgan fingerprint density at radius 3 is 3.00 bits per heavy atom. The van der Waals surface area contributed by atoms with Crippen LogP contribution in [0.25, 0.3) is 0 Å². The summed E-state index contributed by atoms with van der Waals surface area (Å²) in [5.74, 6) is -0.748. The van der Waals surface area contributed by atoms with E-state index in [-0.39, 0.29) is 5.41 Å². The first-order valence-electron chi connectivity index (χ1n) is 5.70. The van der Waals surface area contributed by atoms with Gasteiger partial charge in [0.05, 0.1) is 5.69 Å². The van der Waals surface area contributed by atoms with Crippen molar-refractivity contribution >= 4 is 17.9 Å². The summed E-state index contributed by atoms with van der Waals surface area (Å²) in [6, 6.07) is 7.58. The number of carboxylic acids is 1. The highest BCUT2D eigenvalue weighted by molar-refractivity contribution is 5.88. The van der Waals surface area contributed by atoms with E-state index in [0.717, 1.165) is 17.8 Å². The van der Waals surface area contributed by atoms with E-state index < -0.39 is 12.0 Å². The second-order valence-electron chi connectivity index (χ2n) is 4.90. The maximum absolute atomic E-state index is 11.2. The molecule has 3 rings (SSSR count). The average Bonchev–Trinajstić information content (AvgIpc) is 2.83. The summed E-state index contributed by atoms with van der Waals surface area (Å²) in [7, 11) is 1.86. The second kappa shape index (κ2) is 3.40. The van der Waals surface area contributed by atoms with Crippen molar-refractivity contribution < 1.29 is 9.90 Å². The zero-order valence-corrected chi connectivity index (χ0v) is 9.63. The number of aliphatic imine (C=N–C) groups is 1. The van der Waals surface area contributed by atoms with Crippen LogP contribution in [0, 0.1) is 0 Å². The van der Waals surface area contributed by atoms with E-state index in [1.807, 2.05) is 36.4 Å². The molecule has 0 aromatic heterocycles. The molecule has 1 aromatic carbocycles. The van der Waals surface area contributed by atoms with Crippen molar-refractivity contribution in [3.8, 4) is 0 Å². The fourth-order valence-electron chi connectivity index (χ4n) is 2.96. The Labute approximate surface area is 99.6 Å². The number of carboxylic acid groups (broad SMARTS) is 1. The molecule has 88 valence electrons. The van der Waals surface area contributed by atoms with Gasteiger partial charge in [-0.2, -0.15) is 0 Å². The van der Waals surface area contributed by atoms with Gasteiger partial charge in [0, 0.05) is 18.2 Å². The lowest BCUT2D eigenvalue weighted by Gasteiger charge is -2.20. The first-order chi connectivity index (χ1) is 8.12. The Hall–Kier alpha value is -1.68. The van der Waals surface area contributed by atoms with Crippen molar-refractivity contribution in [2.24, 2.45) is 4.99 Å². The summed E-state index contributed by atoms with van der Waals surface area (Å²) >= 11 is 0. The Morgan fingerprint density at radius 2 is 2.29 bits per heavy atom. The van der Waals surface area contributed by atoms with Crippen LogP contribution in [0.5, 0.6) is 0 Å². The summed E-state index contributed by atoms with van der Waals surface area (Å²) in [4.78, 5) is 17.5. The van der Waals surface area contributed by atoms with Gasteiger partial charge in [0.25, 0.3) is 0 Å². The molecule has 4 heteroatoms. The van der Waals surface area contributed by atoms with Crippen LogP contribution in [0.2, 0.25) is 0 Å². The Bertz CT molecular complexity index is 512. The lowest BCUT2D eigenvalue weighted by Crippen LogP contribution is -2.32. The molecule has 0 amide bonds. The molecule has 1 spiro atoms. The molecule has 2 aliphatic rings. The number of carbonyl (C=O) groups is 1. The zero-order chi connectivity index (χ0) is 12.0. The highest BCUT2D eigenvalue weighted by Crippen LogP contribution is 2.44. The first-order valence-corrected chi connectivity index (χ1v) is 5.70. The molecule has 1 aromatic rings. The van der Waals surface area contributed by atoms with Gasteiger partial charge in [-0.05, 0) is 25.1 Å². The number of nitrogens with zero attached hydrogens (tertiary/aromatic N) is 2. The molecule has 1 saturated heterocycles. The molecule has 2 heterocycles. The maximum atomic E-state index is 11.2. The van der Waals surface area contributed by atoms with Crippen LogP contribution >= 0.6 is 0 Å². The van der Waals surface area contributed by atoms with Gasteiger partial charge < -0.3 is 5.11 Å². The number of hydrogen-bond acceptors (Lipinski definition) is 3. The highest BCUT2D eigenvalue weighted by atomic mass is 16.4. The molecule has 4 nitrogen and oxygen atoms in total. The summed E-state index contributed by atoms with van der Waals surface area (Å²) in [6.07, 6.45) is 2.54. The van der Waals surface area contributed by atoms with Crippen molar-refractivity contribution in [1.29, 1.82) is 0 Å². The molecule has 2 atom stereocenters. The van der Waals surface area contributed by atoms with Crippen LogP contribution in [-0.4, -0.2) is 41.8 Å². The Balaban J connectivity index is 2.02. The number of likely N-dealkylation sites (tertiary alicyclic amines) is 1. The molecule has 0 aliphatic carbocycles. The van der Waals surface area contributed by atoms with Crippen molar-refractivity contribution in [2.75, 3.05) is 13.6 Å². The quantitative estimate of drug-likeness (QED) is 0.794. The van der Waals surface area contributed by atoms with E-state index in [1.54, 1.807) is 0 Å². The van der Waals surface area contributed by atoms with E-state index in [0.29, 0.717) is 6.42 Å². The normalized spacial score (nSPS) is 31.0. The number of rotatable bonds is 1. The zero-order valence-electron chi connectivity index (χ0n) is 9.63. The molecular formula is C13H14N2O2. The molecule has 17 heavy (non-hydrogen) atoms. The monoisotopic (exact) mass is 230 g/mol. The van der Waals surface area contributed by atoms with Crippen molar-refractivity contribution in [3.05, 3.63) is 29.8 Å². The summed E-state index contributed by atoms with van der Waals surface area (Å²) < 4.78 is 0. The summed E-state index contributed by atoms with van der Waals surface area (Å²) in [5, 5.41) is 9.19. The van der Waals surface area contributed by atoms with Gasteiger partial charge in [0.15, 0.2) is 0 Å². The molecule has 0 bridgehead atoms. The lowest BCUT2D eigenvalue weighted by atomic mass is 9.80. The van der Waals surface area contributed by atoms with Gasteiger partial charge in [-0.1, -0.05) is 18.2 Å². The maximum Gasteiger partial charge on any atom is 0.320 e. The molecule has 2 unspecified atom stereocenters. The van der Waals surface area contributed by atoms with Crippen LogP contribution in [0.3, 0.4) is 0 Å².